The van der Waals surface area contributed by atoms with E-state index < -0.39 is 11.9 Å². The van der Waals surface area contributed by atoms with Crippen LogP contribution in [0.3, 0.4) is 0 Å². The quantitative estimate of drug-likeness (QED) is 0.736. The minimum Gasteiger partial charge on any atom is -0.465 e. The van der Waals surface area contributed by atoms with E-state index in [1.165, 1.54) is 7.11 Å². The van der Waals surface area contributed by atoms with Crippen LogP contribution >= 0.6 is 0 Å². The first-order valence-corrected chi connectivity index (χ1v) is 8.26. The van der Waals surface area contributed by atoms with Crippen molar-refractivity contribution in [2.24, 2.45) is 0 Å². The molecule has 0 aliphatic rings. The number of ether oxygens (including phenoxy) is 2. The standard InChI is InChI=1S/C20H21NO5/c1-25-20(24)16-7-9-17(10-8-16)21-18(22)11-12-19(23)26-14-13-15-5-3-2-4-6-15/h2-10H,11-14H2,1H3,(H,21,22). The van der Waals surface area contributed by atoms with E-state index in [1.54, 1.807) is 24.3 Å². The second-order valence-corrected chi connectivity index (χ2v) is 5.57. The van der Waals surface area contributed by atoms with E-state index in [4.69, 9.17) is 4.74 Å². The van der Waals surface area contributed by atoms with Crippen LogP contribution < -0.4 is 5.32 Å². The summed E-state index contributed by atoms with van der Waals surface area (Å²) < 4.78 is 9.74. The van der Waals surface area contributed by atoms with Crippen molar-refractivity contribution in [2.75, 3.05) is 19.0 Å². The zero-order chi connectivity index (χ0) is 18.8. The molecule has 0 saturated carbocycles. The fourth-order valence-corrected chi connectivity index (χ4v) is 2.25. The number of nitrogens with one attached hydrogen (secondary N) is 1. The number of rotatable bonds is 8. The number of benzene rings is 2. The molecule has 0 aliphatic heterocycles. The molecule has 136 valence electrons. The maximum Gasteiger partial charge on any atom is 0.337 e. The van der Waals surface area contributed by atoms with Crippen LogP contribution in [0.2, 0.25) is 0 Å². The third-order valence-electron chi connectivity index (χ3n) is 3.64. The van der Waals surface area contributed by atoms with Crippen molar-refractivity contribution in [3.05, 3.63) is 65.7 Å². The van der Waals surface area contributed by atoms with Crippen LogP contribution in [0.1, 0.15) is 28.8 Å². The van der Waals surface area contributed by atoms with Gasteiger partial charge in [-0.2, -0.15) is 0 Å². The predicted molar refractivity (Wildman–Crippen MR) is 96.8 cm³/mol. The summed E-state index contributed by atoms with van der Waals surface area (Å²) in [7, 11) is 1.30. The summed E-state index contributed by atoms with van der Waals surface area (Å²) in [6.07, 6.45) is 0.690. The van der Waals surface area contributed by atoms with Gasteiger partial charge in [-0.1, -0.05) is 30.3 Å². The van der Waals surface area contributed by atoms with Crippen molar-refractivity contribution in [1.82, 2.24) is 0 Å². The average molecular weight is 355 g/mol. The Hall–Kier alpha value is -3.15. The number of carbonyl (C=O) groups excluding carboxylic acids is 3. The minimum atomic E-state index is -0.443. The van der Waals surface area contributed by atoms with Gasteiger partial charge in [0.15, 0.2) is 0 Å². The highest BCUT2D eigenvalue weighted by atomic mass is 16.5. The highest BCUT2D eigenvalue weighted by Crippen LogP contribution is 2.11. The summed E-state index contributed by atoms with van der Waals surface area (Å²) in [5.41, 5.74) is 2.03. The Morgan fingerprint density at radius 1 is 0.923 bits per heavy atom. The zero-order valence-electron chi connectivity index (χ0n) is 14.6. The van der Waals surface area contributed by atoms with Crippen molar-refractivity contribution in [1.29, 1.82) is 0 Å². The Morgan fingerprint density at radius 3 is 2.27 bits per heavy atom. The Morgan fingerprint density at radius 2 is 1.62 bits per heavy atom. The molecule has 6 heteroatoms. The van der Waals surface area contributed by atoms with Gasteiger partial charge in [-0.15, -0.1) is 0 Å². The van der Waals surface area contributed by atoms with Crippen LogP contribution in [0.25, 0.3) is 0 Å². The van der Waals surface area contributed by atoms with E-state index in [-0.39, 0.29) is 18.7 Å². The van der Waals surface area contributed by atoms with Gasteiger partial charge in [0.1, 0.15) is 0 Å². The third-order valence-corrected chi connectivity index (χ3v) is 3.64. The molecular formula is C20H21NO5. The first kappa shape index (κ1) is 19.2. The fraction of sp³-hybridized carbons (Fsp3) is 0.250. The smallest absolute Gasteiger partial charge is 0.337 e. The number of hydrogen-bond donors (Lipinski definition) is 1. The molecule has 0 spiro atoms. The van der Waals surface area contributed by atoms with E-state index >= 15 is 0 Å². The van der Waals surface area contributed by atoms with Gasteiger partial charge in [0.25, 0.3) is 0 Å². The lowest BCUT2D eigenvalue weighted by molar-refractivity contribution is -0.144. The Labute approximate surface area is 152 Å². The average Bonchev–Trinajstić information content (AvgIpc) is 2.67. The van der Waals surface area contributed by atoms with E-state index in [9.17, 15) is 14.4 Å². The maximum atomic E-state index is 11.9. The molecule has 0 fully saturated rings. The van der Waals surface area contributed by atoms with Crippen LogP contribution in [0.4, 0.5) is 5.69 Å². The largest absolute Gasteiger partial charge is 0.465 e. The molecule has 26 heavy (non-hydrogen) atoms. The molecule has 0 aliphatic carbocycles. The summed E-state index contributed by atoms with van der Waals surface area (Å²) in [6.45, 7) is 0.291. The Bertz CT molecular complexity index is 741. The molecule has 0 bridgehead atoms. The fourth-order valence-electron chi connectivity index (χ4n) is 2.25. The SMILES string of the molecule is COC(=O)c1ccc(NC(=O)CCC(=O)OCCc2ccccc2)cc1. The third kappa shape index (κ3) is 6.39. The molecular weight excluding hydrogens is 334 g/mol. The van der Waals surface area contributed by atoms with E-state index in [1.807, 2.05) is 30.3 Å². The van der Waals surface area contributed by atoms with Crippen molar-refractivity contribution in [3.63, 3.8) is 0 Å². The molecule has 1 amide bonds. The van der Waals surface area contributed by atoms with Gasteiger partial charge >= 0.3 is 11.9 Å². The number of amides is 1. The molecule has 0 aromatic heterocycles. The monoisotopic (exact) mass is 355 g/mol. The lowest BCUT2D eigenvalue weighted by atomic mass is 10.2. The first-order chi connectivity index (χ1) is 12.6. The first-order valence-electron chi connectivity index (χ1n) is 8.26. The molecule has 0 unspecified atom stereocenters. The molecule has 1 N–H and O–H groups in total. The Kier molecular flexibility index (Phi) is 7.36. The van der Waals surface area contributed by atoms with Crippen molar-refractivity contribution < 1.29 is 23.9 Å². The molecule has 2 rings (SSSR count). The molecule has 6 nitrogen and oxygen atoms in total. The van der Waals surface area contributed by atoms with Crippen LogP contribution in [-0.4, -0.2) is 31.6 Å². The zero-order valence-corrected chi connectivity index (χ0v) is 14.6. The van der Waals surface area contributed by atoms with Gasteiger partial charge in [-0.3, -0.25) is 9.59 Å². The van der Waals surface area contributed by atoms with Gasteiger partial charge in [-0.25, -0.2) is 4.79 Å². The van der Waals surface area contributed by atoms with Crippen molar-refractivity contribution >= 4 is 23.5 Å². The van der Waals surface area contributed by atoms with Gasteiger partial charge < -0.3 is 14.8 Å². The normalized spacial score (nSPS) is 10.0. The number of hydrogen-bond acceptors (Lipinski definition) is 5. The number of carbonyl (C=O) groups is 3. The van der Waals surface area contributed by atoms with Gasteiger partial charge in [0.2, 0.25) is 5.91 Å². The summed E-state index contributed by atoms with van der Waals surface area (Å²) in [5, 5.41) is 2.66. The van der Waals surface area contributed by atoms with Crippen molar-refractivity contribution in [3.8, 4) is 0 Å². The van der Waals surface area contributed by atoms with Gasteiger partial charge in [0.05, 0.1) is 25.7 Å². The molecule has 2 aromatic carbocycles. The van der Waals surface area contributed by atoms with Crippen molar-refractivity contribution in [2.45, 2.75) is 19.3 Å². The Balaban J connectivity index is 1.67. The maximum absolute atomic E-state index is 11.9. The summed E-state index contributed by atoms with van der Waals surface area (Å²) in [4.78, 5) is 34.9. The lowest BCUT2D eigenvalue weighted by Crippen LogP contribution is -2.15. The van der Waals surface area contributed by atoms with E-state index in [0.29, 0.717) is 24.3 Å². The van der Waals surface area contributed by atoms with Gasteiger partial charge in [-0.05, 0) is 29.8 Å². The van der Waals surface area contributed by atoms with Gasteiger partial charge in [0, 0.05) is 18.5 Å². The topological polar surface area (TPSA) is 81.7 Å². The van der Waals surface area contributed by atoms with E-state index in [2.05, 4.69) is 10.1 Å². The van der Waals surface area contributed by atoms with Crippen LogP contribution in [-0.2, 0) is 25.5 Å². The highest BCUT2D eigenvalue weighted by Gasteiger charge is 2.09. The number of esters is 2. The van der Waals surface area contributed by atoms with Crippen LogP contribution in [0, 0.1) is 0 Å². The van der Waals surface area contributed by atoms with E-state index in [0.717, 1.165) is 5.56 Å². The summed E-state index contributed by atoms with van der Waals surface area (Å²) in [5.74, 6) is -1.14. The molecule has 0 radical (unpaired) electrons. The second-order valence-electron chi connectivity index (χ2n) is 5.57. The summed E-state index contributed by atoms with van der Waals surface area (Å²) >= 11 is 0. The molecule has 0 heterocycles. The second kappa shape index (κ2) is 9.98. The summed E-state index contributed by atoms with van der Waals surface area (Å²) in [6, 6.07) is 16.0. The highest BCUT2D eigenvalue weighted by molar-refractivity contribution is 5.94. The lowest BCUT2D eigenvalue weighted by Gasteiger charge is -2.07. The predicted octanol–water partition coefficient (Wildman–Crippen LogP) is 2.98. The molecule has 2 aromatic rings. The minimum absolute atomic E-state index is 0.0147. The van der Waals surface area contributed by atoms with Crippen LogP contribution in [0.5, 0.6) is 0 Å². The number of methoxy groups -OCH3 is 1. The molecule has 0 saturated heterocycles. The number of anilines is 1. The van der Waals surface area contributed by atoms with Crippen LogP contribution in [0.15, 0.2) is 54.6 Å². The molecule has 0 atom stereocenters.